The number of carboxylic acids is 1. The van der Waals surface area contributed by atoms with E-state index in [1.165, 1.54) is 0 Å². The van der Waals surface area contributed by atoms with Gasteiger partial charge in [-0.2, -0.15) is 63.0 Å². The van der Waals surface area contributed by atoms with Gasteiger partial charge >= 0.3 is 41.8 Å². The van der Waals surface area contributed by atoms with Crippen molar-refractivity contribution in [1.82, 2.24) is 0 Å². The monoisotopic (exact) mass is 702 g/mol. The maximum atomic E-state index is 13.9. The summed E-state index contributed by atoms with van der Waals surface area (Å²) in [5.74, 6) is -35.6. The molecule has 0 bridgehead atoms. The lowest BCUT2D eigenvalue weighted by atomic mass is 9.89. The first kappa shape index (κ1) is 42.6. The van der Waals surface area contributed by atoms with Gasteiger partial charge in [0.2, 0.25) is 0 Å². The summed E-state index contributed by atoms with van der Waals surface area (Å²) in [4.78, 5) is 15.2. The number of aliphatic hydroxyl groups is 3. The van der Waals surface area contributed by atoms with Crippen LogP contribution in [0.3, 0.4) is 0 Å². The van der Waals surface area contributed by atoms with Gasteiger partial charge in [-0.1, -0.05) is 44.9 Å². The van der Waals surface area contributed by atoms with Crippen LogP contribution in [-0.2, 0) is 14.1 Å². The molecule has 0 amide bonds. The molecule has 0 aliphatic heterocycles. The zero-order valence-corrected chi connectivity index (χ0v) is 23.1. The summed E-state index contributed by atoms with van der Waals surface area (Å²) < 4.78 is 175. The highest BCUT2D eigenvalue weighted by Gasteiger charge is 2.91. The molecule has 23 heteroatoms. The van der Waals surface area contributed by atoms with Crippen molar-refractivity contribution >= 4 is 18.0 Å². The van der Waals surface area contributed by atoms with E-state index in [4.69, 9.17) is 5.73 Å². The molecule has 8 N–H and O–H groups in total. The average Bonchev–Trinajstić information content (AvgIpc) is 2.89. The number of rotatable bonds is 22. The second kappa shape index (κ2) is 16.0. The minimum Gasteiger partial charge on any atom is -0.480 e. The van der Waals surface area contributed by atoms with Crippen LogP contribution >= 0.6 is 12.0 Å². The summed E-state index contributed by atoms with van der Waals surface area (Å²) in [5, 5.41) is 38.7. The molecule has 0 saturated heterocycles. The molecule has 0 heterocycles. The fourth-order valence-corrected chi connectivity index (χ4v) is 4.26. The molecule has 264 valence electrons. The van der Waals surface area contributed by atoms with Gasteiger partial charge in [0.15, 0.2) is 5.54 Å². The van der Waals surface area contributed by atoms with Crippen molar-refractivity contribution in [2.45, 2.75) is 117 Å². The van der Waals surface area contributed by atoms with Crippen LogP contribution in [0.25, 0.3) is 0 Å². The summed E-state index contributed by atoms with van der Waals surface area (Å²) in [5.41, 5.74) is 3.25. The van der Waals surface area contributed by atoms with E-state index in [1.54, 1.807) is 0 Å². The lowest BCUT2D eigenvalue weighted by molar-refractivity contribution is -0.444. The molecule has 0 radical (unpaired) electrons. The van der Waals surface area contributed by atoms with Crippen molar-refractivity contribution in [2.24, 2.45) is 11.6 Å². The Kier molecular flexibility index (Phi) is 15.5. The number of hydrogen-bond acceptors (Lipinski definition) is 9. The molecule has 4 atom stereocenters. The van der Waals surface area contributed by atoms with Gasteiger partial charge in [0.25, 0.3) is 0 Å². The standard InChI is InChI=1S/C21H31F13N2O7S/c22-16(23,17(24,25)18(26,27)19(28,29)20(30,31)21(32,33)34)12(38)9-7-5-3-1-2-4-6-8-11(37)13(39)15(35,14(40)41)10-44-43-42-36/h11-13,37-39H,1-10,35-36H2,(H,40,41). The van der Waals surface area contributed by atoms with Gasteiger partial charge in [-0.15, -0.1) is 9.32 Å². The average molecular weight is 703 g/mol. The van der Waals surface area contributed by atoms with Crippen LogP contribution in [0.2, 0.25) is 0 Å². The fraction of sp³-hybridized carbons (Fsp3) is 0.952. The van der Waals surface area contributed by atoms with Crippen molar-refractivity contribution in [3.05, 3.63) is 0 Å². The molecule has 0 rings (SSSR count). The van der Waals surface area contributed by atoms with Crippen LogP contribution in [0.15, 0.2) is 0 Å². The Morgan fingerprint density at radius 3 is 1.50 bits per heavy atom. The van der Waals surface area contributed by atoms with Gasteiger partial charge in [0, 0.05) is 12.0 Å². The second-order valence-electron chi connectivity index (χ2n) is 9.77. The second-order valence-corrected chi connectivity index (χ2v) is 10.4. The third-order valence-electron chi connectivity index (χ3n) is 6.53. The van der Waals surface area contributed by atoms with E-state index in [0.717, 1.165) is 0 Å². The third kappa shape index (κ3) is 9.12. The van der Waals surface area contributed by atoms with Gasteiger partial charge in [-0.05, 0) is 12.8 Å². The Bertz CT molecular complexity index is 903. The molecule has 0 aliphatic rings. The Morgan fingerprint density at radius 2 is 1.09 bits per heavy atom. The van der Waals surface area contributed by atoms with Crippen LogP contribution in [0.4, 0.5) is 57.1 Å². The van der Waals surface area contributed by atoms with Crippen molar-refractivity contribution in [1.29, 1.82) is 0 Å². The van der Waals surface area contributed by atoms with E-state index in [0.29, 0.717) is 31.3 Å². The summed E-state index contributed by atoms with van der Waals surface area (Å²) in [6.07, 6.45) is -15.9. The third-order valence-corrected chi connectivity index (χ3v) is 7.30. The van der Waals surface area contributed by atoms with Crippen LogP contribution in [-0.4, -0.2) is 91.8 Å². The van der Waals surface area contributed by atoms with Crippen molar-refractivity contribution in [3.8, 4) is 0 Å². The van der Waals surface area contributed by atoms with E-state index in [2.05, 4.69) is 15.2 Å². The minimum absolute atomic E-state index is 0.136. The molecular formula is C21H31F13N2O7S. The number of unbranched alkanes of at least 4 members (excludes halogenated alkanes) is 6. The highest BCUT2D eigenvalue weighted by molar-refractivity contribution is 7.94. The Labute approximate surface area is 245 Å². The molecule has 4 unspecified atom stereocenters. The number of aliphatic hydroxyl groups excluding tert-OH is 3. The minimum atomic E-state index is -8.03. The number of nitrogens with two attached hydrogens (primary N) is 2. The molecule has 0 aromatic rings. The van der Waals surface area contributed by atoms with Gasteiger partial charge in [-0.25, -0.2) is 0 Å². The first-order chi connectivity index (χ1) is 19.7. The SMILES string of the molecule is NOOSCC(N)(C(=O)O)C(O)C(O)CCCCCCCCCC(O)C(F)(F)C(F)(F)C(F)(F)C(F)(F)C(F)(F)C(F)(F)F. The normalized spacial score (nSPS) is 17.7. The number of carbonyl (C=O) groups is 1. The molecule has 44 heavy (non-hydrogen) atoms. The zero-order valence-electron chi connectivity index (χ0n) is 22.3. The lowest BCUT2D eigenvalue weighted by Gasteiger charge is -2.40. The van der Waals surface area contributed by atoms with E-state index < -0.39 is 84.2 Å². The number of alkyl halides is 13. The molecule has 9 nitrogen and oxygen atoms in total. The van der Waals surface area contributed by atoms with E-state index >= 15 is 0 Å². The lowest BCUT2D eigenvalue weighted by Crippen LogP contribution is -2.71. The quantitative estimate of drug-likeness (QED) is 0.0309. The molecule has 0 spiro atoms. The van der Waals surface area contributed by atoms with Gasteiger partial charge in [0.05, 0.1) is 11.9 Å². The Morgan fingerprint density at radius 1 is 0.682 bits per heavy atom. The van der Waals surface area contributed by atoms with Gasteiger partial charge in [0.1, 0.15) is 12.2 Å². The number of halogens is 13. The highest BCUT2D eigenvalue weighted by Crippen LogP contribution is 2.60. The van der Waals surface area contributed by atoms with E-state index in [9.17, 15) is 82.3 Å². The van der Waals surface area contributed by atoms with Crippen molar-refractivity contribution in [3.63, 3.8) is 0 Å². The molecule has 0 fully saturated rings. The number of aliphatic carboxylic acids is 1. The first-order valence-corrected chi connectivity index (χ1v) is 13.3. The van der Waals surface area contributed by atoms with E-state index in [-0.39, 0.29) is 25.7 Å². The van der Waals surface area contributed by atoms with Crippen LogP contribution in [0, 0.1) is 0 Å². The molecule has 0 aromatic heterocycles. The Balaban J connectivity index is 4.81. The van der Waals surface area contributed by atoms with Crippen LogP contribution in [0.1, 0.15) is 57.8 Å². The first-order valence-electron chi connectivity index (χ1n) is 12.4. The molecule has 0 aliphatic carbocycles. The summed E-state index contributed by atoms with van der Waals surface area (Å²) >= 11 is 0.337. The maximum Gasteiger partial charge on any atom is 0.460 e. The zero-order chi connectivity index (χ0) is 35.0. The molecular weight excluding hydrogens is 671 g/mol. The molecule has 0 saturated carbocycles. The summed E-state index contributed by atoms with van der Waals surface area (Å²) in [6.45, 7) is 0. The predicted molar refractivity (Wildman–Crippen MR) is 124 cm³/mol. The summed E-state index contributed by atoms with van der Waals surface area (Å²) in [6, 6.07) is 0. The number of carboxylic acid groups (broad SMARTS) is 1. The van der Waals surface area contributed by atoms with Crippen molar-refractivity contribution in [2.75, 3.05) is 5.75 Å². The van der Waals surface area contributed by atoms with Crippen LogP contribution in [0.5, 0.6) is 0 Å². The van der Waals surface area contributed by atoms with Crippen molar-refractivity contribution < 1.29 is 91.6 Å². The maximum absolute atomic E-state index is 13.9. The molecule has 0 aromatic carbocycles. The Hall–Kier alpha value is -1.37. The van der Waals surface area contributed by atoms with E-state index in [1.807, 2.05) is 0 Å². The van der Waals surface area contributed by atoms with Gasteiger partial charge < -0.3 is 26.2 Å². The number of hydrogen-bond donors (Lipinski definition) is 6. The van der Waals surface area contributed by atoms with Crippen LogP contribution < -0.4 is 11.6 Å². The predicted octanol–water partition coefficient (Wildman–Crippen LogP) is 4.57. The largest absolute Gasteiger partial charge is 0.480 e. The van der Waals surface area contributed by atoms with Gasteiger partial charge in [-0.3, -0.25) is 4.79 Å². The summed E-state index contributed by atoms with van der Waals surface area (Å²) in [7, 11) is 0. The fourth-order valence-electron chi connectivity index (χ4n) is 3.67. The smallest absolute Gasteiger partial charge is 0.460 e. The topological polar surface area (TPSA) is 168 Å². The highest BCUT2D eigenvalue weighted by atomic mass is 32.2.